The number of para-hydroxylation sites is 2. The summed E-state index contributed by atoms with van der Waals surface area (Å²) in [6, 6.07) is 12.0. The zero-order valence-electron chi connectivity index (χ0n) is 16.1. The molecule has 0 atom stereocenters. The number of rotatable bonds is 7. The van der Waals surface area contributed by atoms with Gasteiger partial charge < -0.3 is 24.8 Å². The molecule has 2 aromatic carbocycles. The molecule has 0 aliphatic heterocycles. The fourth-order valence-electron chi connectivity index (χ4n) is 2.33. The topological polar surface area (TPSA) is 85.9 Å². The summed E-state index contributed by atoms with van der Waals surface area (Å²) in [5, 5.41) is 5.48. The lowest BCUT2D eigenvalue weighted by Crippen LogP contribution is -2.41. The van der Waals surface area contributed by atoms with Gasteiger partial charge in [0.25, 0.3) is 0 Å². The number of hydrogen-bond acceptors (Lipinski definition) is 5. The predicted octanol–water partition coefficient (Wildman–Crippen LogP) is 3.32. The van der Waals surface area contributed by atoms with Gasteiger partial charge in [-0.1, -0.05) is 12.1 Å². The van der Waals surface area contributed by atoms with E-state index in [2.05, 4.69) is 10.6 Å². The quantitative estimate of drug-likeness (QED) is 0.728. The molecular weight excluding hydrogens is 348 g/mol. The van der Waals surface area contributed by atoms with Crippen molar-refractivity contribution in [1.29, 1.82) is 0 Å². The van der Waals surface area contributed by atoms with Gasteiger partial charge in [0.1, 0.15) is 11.2 Å². The SMILES string of the molecule is COc1ccccc1NC(=O)C(C)(C)C(=O)Nc1ccc(OC)c(OC)c1. The number of amides is 2. The van der Waals surface area contributed by atoms with E-state index < -0.39 is 17.2 Å². The molecule has 0 heterocycles. The van der Waals surface area contributed by atoms with Crippen LogP contribution in [0.2, 0.25) is 0 Å². The zero-order valence-corrected chi connectivity index (χ0v) is 16.1. The van der Waals surface area contributed by atoms with Gasteiger partial charge in [-0.15, -0.1) is 0 Å². The van der Waals surface area contributed by atoms with E-state index in [4.69, 9.17) is 14.2 Å². The normalized spacial score (nSPS) is 10.7. The van der Waals surface area contributed by atoms with Crippen molar-refractivity contribution in [2.24, 2.45) is 5.41 Å². The molecule has 0 bridgehead atoms. The summed E-state index contributed by atoms with van der Waals surface area (Å²) < 4.78 is 15.6. The molecule has 0 saturated heterocycles. The van der Waals surface area contributed by atoms with Crippen LogP contribution in [-0.2, 0) is 9.59 Å². The van der Waals surface area contributed by atoms with Crippen molar-refractivity contribution in [3.8, 4) is 17.2 Å². The smallest absolute Gasteiger partial charge is 0.239 e. The average molecular weight is 372 g/mol. The minimum absolute atomic E-state index is 0.454. The Bertz CT molecular complexity index is 833. The molecule has 27 heavy (non-hydrogen) atoms. The van der Waals surface area contributed by atoms with E-state index >= 15 is 0 Å². The average Bonchev–Trinajstić information content (AvgIpc) is 2.68. The first-order chi connectivity index (χ1) is 12.8. The van der Waals surface area contributed by atoms with Crippen molar-refractivity contribution in [3.05, 3.63) is 42.5 Å². The Morgan fingerprint density at radius 2 is 1.37 bits per heavy atom. The van der Waals surface area contributed by atoms with Gasteiger partial charge >= 0.3 is 0 Å². The van der Waals surface area contributed by atoms with Gasteiger partial charge in [-0.3, -0.25) is 9.59 Å². The fraction of sp³-hybridized carbons (Fsp3) is 0.300. The third-order valence-corrected chi connectivity index (χ3v) is 4.13. The number of nitrogens with one attached hydrogen (secondary N) is 2. The van der Waals surface area contributed by atoms with Crippen LogP contribution in [0, 0.1) is 5.41 Å². The monoisotopic (exact) mass is 372 g/mol. The van der Waals surface area contributed by atoms with E-state index in [0.29, 0.717) is 28.6 Å². The lowest BCUT2D eigenvalue weighted by Gasteiger charge is -2.23. The lowest BCUT2D eigenvalue weighted by molar-refractivity contribution is -0.135. The van der Waals surface area contributed by atoms with Crippen molar-refractivity contribution in [2.75, 3.05) is 32.0 Å². The second-order valence-corrected chi connectivity index (χ2v) is 6.30. The minimum Gasteiger partial charge on any atom is -0.495 e. The van der Waals surface area contributed by atoms with Crippen LogP contribution in [0.1, 0.15) is 13.8 Å². The van der Waals surface area contributed by atoms with Crippen molar-refractivity contribution >= 4 is 23.2 Å². The van der Waals surface area contributed by atoms with E-state index in [1.807, 2.05) is 0 Å². The molecule has 144 valence electrons. The van der Waals surface area contributed by atoms with Gasteiger partial charge in [0, 0.05) is 11.8 Å². The Kier molecular flexibility index (Phi) is 6.28. The highest BCUT2D eigenvalue weighted by molar-refractivity contribution is 6.14. The lowest BCUT2D eigenvalue weighted by atomic mass is 9.90. The second kappa shape index (κ2) is 8.44. The van der Waals surface area contributed by atoms with Crippen LogP contribution < -0.4 is 24.8 Å². The fourth-order valence-corrected chi connectivity index (χ4v) is 2.33. The molecule has 0 aliphatic rings. The third kappa shape index (κ3) is 4.49. The Morgan fingerprint density at radius 1 is 0.778 bits per heavy atom. The van der Waals surface area contributed by atoms with Crippen LogP contribution in [0.25, 0.3) is 0 Å². The maximum absolute atomic E-state index is 12.7. The Balaban J connectivity index is 2.15. The molecule has 0 aromatic heterocycles. The molecule has 2 amide bonds. The Hall–Kier alpha value is -3.22. The van der Waals surface area contributed by atoms with Crippen molar-refractivity contribution in [1.82, 2.24) is 0 Å². The molecule has 0 aliphatic carbocycles. The summed E-state index contributed by atoms with van der Waals surface area (Å²) in [4.78, 5) is 25.4. The highest BCUT2D eigenvalue weighted by Crippen LogP contribution is 2.31. The molecule has 2 rings (SSSR count). The van der Waals surface area contributed by atoms with Gasteiger partial charge in [0.05, 0.1) is 27.0 Å². The van der Waals surface area contributed by atoms with Crippen LogP contribution in [0.4, 0.5) is 11.4 Å². The summed E-state index contributed by atoms with van der Waals surface area (Å²) in [7, 11) is 4.55. The summed E-state index contributed by atoms with van der Waals surface area (Å²) in [5.41, 5.74) is -0.332. The number of carbonyl (C=O) groups excluding carboxylic acids is 2. The van der Waals surface area contributed by atoms with Crippen LogP contribution in [0.3, 0.4) is 0 Å². The van der Waals surface area contributed by atoms with Crippen LogP contribution in [-0.4, -0.2) is 33.1 Å². The Morgan fingerprint density at radius 3 is 2.00 bits per heavy atom. The second-order valence-electron chi connectivity index (χ2n) is 6.30. The molecule has 0 radical (unpaired) electrons. The van der Waals surface area contributed by atoms with Crippen molar-refractivity contribution in [3.63, 3.8) is 0 Å². The summed E-state index contributed by atoms with van der Waals surface area (Å²) in [6.07, 6.45) is 0. The van der Waals surface area contributed by atoms with Gasteiger partial charge in [-0.05, 0) is 38.1 Å². The summed E-state index contributed by atoms with van der Waals surface area (Å²) in [5.74, 6) is 0.629. The zero-order chi connectivity index (χ0) is 20.0. The number of benzene rings is 2. The molecular formula is C20H24N2O5. The molecule has 2 N–H and O–H groups in total. The number of methoxy groups -OCH3 is 3. The first-order valence-electron chi connectivity index (χ1n) is 8.31. The van der Waals surface area contributed by atoms with Gasteiger partial charge in [-0.2, -0.15) is 0 Å². The number of hydrogen-bond donors (Lipinski definition) is 2. The molecule has 0 unspecified atom stereocenters. The maximum Gasteiger partial charge on any atom is 0.239 e. The van der Waals surface area contributed by atoms with Crippen LogP contribution in [0.15, 0.2) is 42.5 Å². The van der Waals surface area contributed by atoms with Crippen molar-refractivity contribution < 1.29 is 23.8 Å². The molecule has 2 aromatic rings. The molecule has 0 fully saturated rings. The highest BCUT2D eigenvalue weighted by atomic mass is 16.5. The van der Waals surface area contributed by atoms with Crippen molar-refractivity contribution in [2.45, 2.75) is 13.8 Å². The molecule has 0 spiro atoms. The number of carbonyl (C=O) groups is 2. The number of anilines is 2. The van der Waals surface area contributed by atoms with E-state index in [1.54, 1.807) is 56.3 Å². The molecule has 0 saturated carbocycles. The predicted molar refractivity (Wildman–Crippen MR) is 104 cm³/mol. The first kappa shape index (κ1) is 20.1. The van der Waals surface area contributed by atoms with E-state index in [9.17, 15) is 9.59 Å². The first-order valence-corrected chi connectivity index (χ1v) is 8.31. The van der Waals surface area contributed by atoms with Crippen LogP contribution in [0.5, 0.6) is 17.2 Å². The standard InChI is InChI=1S/C20H24N2O5/c1-20(2,19(24)22-14-8-6-7-9-15(14)25-3)18(23)21-13-10-11-16(26-4)17(12-13)27-5/h6-12H,1-5H3,(H,21,23)(H,22,24). The highest BCUT2D eigenvalue weighted by Gasteiger charge is 2.36. The van der Waals surface area contributed by atoms with E-state index in [0.717, 1.165) is 0 Å². The summed E-state index contributed by atoms with van der Waals surface area (Å²) >= 11 is 0. The Labute approximate surface area is 158 Å². The van der Waals surface area contributed by atoms with Gasteiger partial charge in [-0.25, -0.2) is 0 Å². The molecule has 7 heteroatoms. The van der Waals surface area contributed by atoms with Gasteiger partial charge in [0.2, 0.25) is 11.8 Å². The minimum atomic E-state index is -1.33. The van der Waals surface area contributed by atoms with Gasteiger partial charge in [0.15, 0.2) is 11.5 Å². The largest absolute Gasteiger partial charge is 0.495 e. The maximum atomic E-state index is 12.7. The molecule has 7 nitrogen and oxygen atoms in total. The number of ether oxygens (including phenoxy) is 3. The third-order valence-electron chi connectivity index (χ3n) is 4.13. The van der Waals surface area contributed by atoms with E-state index in [1.165, 1.54) is 21.3 Å². The van der Waals surface area contributed by atoms with Crippen LogP contribution >= 0.6 is 0 Å². The summed E-state index contributed by atoms with van der Waals surface area (Å²) in [6.45, 7) is 3.10. The van der Waals surface area contributed by atoms with E-state index in [-0.39, 0.29) is 0 Å².